The molecule has 2 aromatic heterocycles. The molecule has 0 unspecified atom stereocenters. The van der Waals surface area contributed by atoms with Gasteiger partial charge < -0.3 is 4.72 Å². The van der Waals surface area contributed by atoms with Crippen molar-refractivity contribution < 1.29 is 0 Å². The monoisotopic (exact) mass is 343 g/mol. The number of pyridine rings is 2. The molecule has 0 bridgehead atoms. The third kappa shape index (κ3) is 3.21. The molecule has 25 heavy (non-hydrogen) atoms. The van der Waals surface area contributed by atoms with Crippen LogP contribution in [0.5, 0.6) is 0 Å². The second-order valence-corrected chi connectivity index (χ2v) is 6.55. The first kappa shape index (κ1) is 15.7. The minimum atomic E-state index is 0.963. The summed E-state index contributed by atoms with van der Waals surface area (Å²) in [5.41, 5.74) is 5.49. The molecule has 2 heterocycles. The van der Waals surface area contributed by atoms with Crippen LogP contribution in [0.25, 0.3) is 22.0 Å². The van der Waals surface area contributed by atoms with E-state index < -0.39 is 0 Å². The first-order valence-electron chi connectivity index (χ1n) is 8.10. The smallest absolute Gasteiger partial charge is 0.119 e. The number of fused-ring (bicyclic) bond motifs is 1. The third-order valence-electron chi connectivity index (χ3n) is 4.07. The van der Waals surface area contributed by atoms with Crippen molar-refractivity contribution in [1.82, 2.24) is 9.97 Å². The lowest BCUT2D eigenvalue weighted by Gasteiger charge is -2.11. The Labute approximate surface area is 151 Å². The van der Waals surface area contributed by atoms with Crippen molar-refractivity contribution in [2.24, 2.45) is 0 Å². The summed E-state index contributed by atoms with van der Waals surface area (Å²) in [6.45, 7) is 2.06. The Hall–Kier alpha value is -2.85. The zero-order valence-electron chi connectivity index (χ0n) is 13.8. The molecule has 122 valence electrons. The predicted molar refractivity (Wildman–Crippen MR) is 106 cm³/mol. The van der Waals surface area contributed by atoms with Gasteiger partial charge in [0.05, 0.1) is 11.2 Å². The van der Waals surface area contributed by atoms with Crippen LogP contribution in [0.3, 0.4) is 0 Å². The Kier molecular flexibility index (Phi) is 4.36. The maximum absolute atomic E-state index is 4.61. The van der Waals surface area contributed by atoms with Gasteiger partial charge in [-0.05, 0) is 41.8 Å². The Bertz CT molecular complexity index is 1020. The van der Waals surface area contributed by atoms with Crippen LogP contribution in [0.15, 0.2) is 84.1 Å². The fourth-order valence-electron chi connectivity index (χ4n) is 2.81. The van der Waals surface area contributed by atoms with E-state index >= 15 is 0 Å². The van der Waals surface area contributed by atoms with Gasteiger partial charge in [-0.15, -0.1) is 0 Å². The van der Waals surface area contributed by atoms with E-state index in [9.17, 15) is 0 Å². The maximum atomic E-state index is 4.61. The van der Waals surface area contributed by atoms with Crippen LogP contribution in [0.2, 0.25) is 0 Å². The van der Waals surface area contributed by atoms with E-state index in [1.807, 2.05) is 24.5 Å². The molecular weight excluding hydrogens is 326 g/mol. The topological polar surface area (TPSA) is 37.8 Å². The molecule has 0 amide bonds. The lowest BCUT2D eigenvalue weighted by molar-refractivity contribution is 1.08. The zero-order valence-corrected chi connectivity index (χ0v) is 14.6. The van der Waals surface area contributed by atoms with Gasteiger partial charge in [-0.25, -0.2) is 4.98 Å². The summed E-state index contributed by atoms with van der Waals surface area (Å²) >= 11 is 1.52. The molecule has 4 aromatic rings. The van der Waals surface area contributed by atoms with Gasteiger partial charge in [0.15, 0.2) is 0 Å². The third-order valence-corrected chi connectivity index (χ3v) is 5.02. The Balaban J connectivity index is 1.72. The molecule has 0 fully saturated rings. The van der Waals surface area contributed by atoms with Crippen LogP contribution in [0.4, 0.5) is 5.69 Å². The summed E-state index contributed by atoms with van der Waals surface area (Å²) in [4.78, 5) is 9.02. The second kappa shape index (κ2) is 6.95. The highest BCUT2D eigenvalue weighted by Gasteiger charge is 2.09. The van der Waals surface area contributed by atoms with Gasteiger partial charge in [0, 0.05) is 29.7 Å². The van der Waals surface area contributed by atoms with Crippen LogP contribution in [0, 0.1) is 6.92 Å². The van der Waals surface area contributed by atoms with Gasteiger partial charge in [-0.3, -0.25) is 4.98 Å². The Morgan fingerprint density at radius 2 is 1.68 bits per heavy atom. The lowest BCUT2D eigenvalue weighted by atomic mass is 10.0. The normalized spacial score (nSPS) is 10.8. The number of benzene rings is 2. The molecular formula is C21H17N3S. The van der Waals surface area contributed by atoms with E-state index in [-0.39, 0.29) is 0 Å². The fourth-order valence-corrected chi connectivity index (χ4v) is 3.52. The van der Waals surface area contributed by atoms with Gasteiger partial charge >= 0.3 is 0 Å². The van der Waals surface area contributed by atoms with Gasteiger partial charge in [0.2, 0.25) is 0 Å². The van der Waals surface area contributed by atoms with E-state index in [0.717, 1.165) is 27.2 Å². The highest BCUT2D eigenvalue weighted by atomic mass is 32.2. The Morgan fingerprint density at radius 1 is 0.800 bits per heavy atom. The standard InChI is InChI=1S/C21H17N3S/c1-15-7-6-13-23-21(15)25-24-19-11-5-10-18-17(12-14-22-20(18)19)16-8-3-2-4-9-16/h2-14,24H,1H3. The van der Waals surface area contributed by atoms with Crippen molar-refractivity contribution in [2.45, 2.75) is 11.9 Å². The van der Waals surface area contributed by atoms with Crippen molar-refractivity contribution in [3.63, 3.8) is 0 Å². The molecule has 0 aliphatic rings. The van der Waals surface area contributed by atoms with E-state index in [1.165, 1.54) is 23.1 Å². The summed E-state index contributed by atoms with van der Waals surface area (Å²) in [7, 11) is 0. The number of aryl methyl sites for hydroxylation is 1. The molecule has 3 nitrogen and oxygen atoms in total. The SMILES string of the molecule is Cc1cccnc1SNc1cccc2c(-c3ccccc3)ccnc12. The average molecular weight is 343 g/mol. The fraction of sp³-hybridized carbons (Fsp3) is 0.0476. The van der Waals surface area contributed by atoms with Crippen molar-refractivity contribution >= 4 is 28.5 Å². The first-order valence-corrected chi connectivity index (χ1v) is 8.92. The van der Waals surface area contributed by atoms with Crippen molar-refractivity contribution in [3.05, 3.63) is 84.7 Å². The molecule has 0 aliphatic carbocycles. The minimum absolute atomic E-state index is 0.963. The van der Waals surface area contributed by atoms with Crippen molar-refractivity contribution in [1.29, 1.82) is 0 Å². The number of para-hydroxylation sites is 1. The van der Waals surface area contributed by atoms with Crippen LogP contribution >= 0.6 is 11.9 Å². The first-order chi connectivity index (χ1) is 12.3. The Morgan fingerprint density at radius 3 is 2.52 bits per heavy atom. The van der Waals surface area contributed by atoms with Gasteiger partial charge in [0.25, 0.3) is 0 Å². The number of hydrogen-bond acceptors (Lipinski definition) is 4. The van der Waals surface area contributed by atoms with E-state index in [0.29, 0.717) is 0 Å². The number of nitrogens with zero attached hydrogens (tertiary/aromatic N) is 2. The van der Waals surface area contributed by atoms with Crippen molar-refractivity contribution in [3.8, 4) is 11.1 Å². The number of aromatic nitrogens is 2. The van der Waals surface area contributed by atoms with Crippen LogP contribution in [-0.4, -0.2) is 9.97 Å². The number of rotatable bonds is 4. The van der Waals surface area contributed by atoms with Gasteiger partial charge in [-0.2, -0.15) is 0 Å². The highest BCUT2D eigenvalue weighted by molar-refractivity contribution is 8.00. The van der Waals surface area contributed by atoms with Crippen LogP contribution in [0.1, 0.15) is 5.56 Å². The average Bonchev–Trinajstić information content (AvgIpc) is 2.67. The predicted octanol–water partition coefficient (Wildman–Crippen LogP) is 5.72. The van der Waals surface area contributed by atoms with E-state index in [1.54, 1.807) is 0 Å². The molecule has 0 saturated carbocycles. The number of hydrogen-bond donors (Lipinski definition) is 1. The summed E-state index contributed by atoms with van der Waals surface area (Å²) in [6, 6.07) is 22.7. The lowest BCUT2D eigenvalue weighted by Crippen LogP contribution is -1.94. The van der Waals surface area contributed by atoms with E-state index in [2.05, 4.69) is 76.2 Å². The number of anilines is 1. The second-order valence-electron chi connectivity index (χ2n) is 5.76. The summed E-state index contributed by atoms with van der Waals surface area (Å²) in [5.74, 6) is 0. The largest absolute Gasteiger partial charge is 0.322 e. The summed E-state index contributed by atoms with van der Waals surface area (Å²) < 4.78 is 3.42. The minimum Gasteiger partial charge on any atom is -0.322 e. The van der Waals surface area contributed by atoms with Gasteiger partial charge in [0.1, 0.15) is 5.03 Å². The number of nitrogens with one attached hydrogen (secondary N) is 1. The summed E-state index contributed by atoms with van der Waals surface area (Å²) in [6.07, 6.45) is 3.68. The zero-order chi connectivity index (χ0) is 17.1. The molecule has 0 aliphatic heterocycles. The molecule has 1 N–H and O–H groups in total. The summed E-state index contributed by atoms with van der Waals surface area (Å²) in [5, 5.41) is 2.11. The molecule has 0 spiro atoms. The van der Waals surface area contributed by atoms with Crippen LogP contribution in [-0.2, 0) is 0 Å². The molecule has 2 aromatic carbocycles. The van der Waals surface area contributed by atoms with Gasteiger partial charge in [-0.1, -0.05) is 48.5 Å². The molecule has 0 radical (unpaired) electrons. The molecule has 4 rings (SSSR count). The van der Waals surface area contributed by atoms with Crippen LogP contribution < -0.4 is 4.72 Å². The van der Waals surface area contributed by atoms with E-state index in [4.69, 9.17) is 0 Å². The van der Waals surface area contributed by atoms with Crippen molar-refractivity contribution in [2.75, 3.05) is 4.72 Å². The molecule has 0 atom stereocenters. The maximum Gasteiger partial charge on any atom is 0.119 e. The highest BCUT2D eigenvalue weighted by Crippen LogP contribution is 2.32. The quantitative estimate of drug-likeness (QED) is 0.481. The molecule has 0 saturated heterocycles. The molecule has 4 heteroatoms.